The van der Waals surface area contributed by atoms with Crippen molar-refractivity contribution in [3.8, 4) is 11.5 Å². The Bertz CT molecular complexity index is 1010. The number of hydrogen-bond donors (Lipinski definition) is 1. The second kappa shape index (κ2) is 12.7. The maximum absolute atomic E-state index is 11.9. The number of aliphatic hydroxyl groups excluding tert-OH is 1. The molecule has 0 saturated heterocycles. The maximum Gasteiger partial charge on any atom is 1.00 e. The van der Waals surface area contributed by atoms with Crippen LogP contribution in [0, 0.1) is 0 Å². The molecule has 1 atom stereocenters. The molecule has 2 rings (SSSR count). The summed E-state index contributed by atoms with van der Waals surface area (Å²) in [6, 6.07) is 3.32. The van der Waals surface area contributed by atoms with Crippen LogP contribution in [-0.4, -0.2) is 68.7 Å². The number of aliphatic imine (C=N–C) groups is 1. The molecule has 0 radical (unpaired) electrons. The number of anilines is 1. The number of hydrogen-bond acceptors (Lipinski definition) is 9. The van der Waals surface area contributed by atoms with Crippen molar-refractivity contribution in [3.05, 3.63) is 33.2 Å². The monoisotopic (exact) mass is 602 g/mol. The second-order valence-electron chi connectivity index (χ2n) is 6.47. The number of Topliss-reactive ketones (excluding diaryl/α,β-unsaturated/α-hetero) is 1. The van der Waals surface area contributed by atoms with Gasteiger partial charge >= 0.3 is 29.6 Å². The molecular weight excluding hydrogens is 583 g/mol. The summed E-state index contributed by atoms with van der Waals surface area (Å²) in [5.74, 6) is -0.371. The number of halogens is 2. The number of benzene rings is 1. The number of allylic oxidation sites excluding steroid dienone is 4. The van der Waals surface area contributed by atoms with E-state index < -0.39 is 22.0 Å². The number of ketones is 1. The molecule has 13 heteroatoms. The molecule has 0 spiro atoms. The van der Waals surface area contributed by atoms with Crippen molar-refractivity contribution in [1.82, 2.24) is 0 Å². The average molecular weight is 604 g/mol. The maximum atomic E-state index is 11.9. The smallest absolute Gasteiger partial charge is 0.748 e. The molecule has 170 valence electrons. The number of carbonyl (C=O) groups excluding carboxylic acids is 1. The molecule has 0 aliphatic heterocycles. The Morgan fingerprint density at radius 3 is 2.06 bits per heavy atom. The molecular formula is C19H21Br2N2NaO7S. The van der Waals surface area contributed by atoms with Crippen LogP contribution in [0.1, 0.15) is 6.92 Å². The minimum absolute atomic E-state index is 0. The van der Waals surface area contributed by atoms with Crippen molar-refractivity contribution in [1.29, 1.82) is 0 Å². The molecule has 9 nitrogen and oxygen atoms in total. The number of ether oxygens (including phenoxy) is 2. The number of nitrogens with zero attached hydrogens (tertiary/aromatic N) is 2. The predicted molar refractivity (Wildman–Crippen MR) is 124 cm³/mol. The first-order valence-corrected chi connectivity index (χ1v) is 12.2. The molecule has 1 aliphatic rings. The number of methoxy groups -OCH3 is 2. The topological polar surface area (TPSA) is 129 Å². The van der Waals surface area contributed by atoms with Gasteiger partial charge in [0.15, 0.2) is 0 Å². The van der Waals surface area contributed by atoms with E-state index in [9.17, 15) is 22.9 Å². The third-order valence-corrected chi connectivity index (χ3v) is 6.23. The van der Waals surface area contributed by atoms with Crippen LogP contribution in [0.4, 0.5) is 11.4 Å². The van der Waals surface area contributed by atoms with E-state index in [4.69, 9.17) is 9.47 Å². The molecule has 0 heterocycles. The van der Waals surface area contributed by atoms with Crippen LogP contribution in [0.5, 0.6) is 11.5 Å². The Morgan fingerprint density at radius 2 is 1.66 bits per heavy atom. The Labute approximate surface area is 225 Å². The SMILES string of the molecule is CCN(CC(O)CS(=O)(=O)[O-])c1cc(OC)c(N=C2C=C(Br)C(=O)C(Br)=C2)c(OC)c1.[Na+]. The van der Waals surface area contributed by atoms with Gasteiger partial charge in [-0.25, -0.2) is 13.4 Å². The zero-order valence-corrected chi connectivity index (χ0v) is 24.0. The molecule has 0 aromatic heterocycles. The van der Waals surface area contributed by atoms with E-state index in [0.717, 1.165) is 0 Å². The molecule has 1 aromatic rings. The Balaban J connectivity index is 0.00000512. The first kappa shape index (κ1) is 29.3. The summed E-state index contributed by atoms with van der Waals surface area (Å²) in [6.45, 7) is 2.16. The van der Waals surface area contributed by atoms with E-state index in [0.29, 0.717) is 44.1 Å². The van der Waals surface area contributed by atoms with E-state index in [2.05, 4.69) is 36.9 Å². The fourth-order valence-corrected chi connectivity index (χ4v) is 4.61. The Hall–Kier alpha value is -0.730. The summed E-state index contributed by atoms with van der Waals surface area (Å²) in [5.41, 5.74) is 1.44. The summed E-state index contributed by atoms with van der Waals surface area (Å²) >= 11 is 6.41. The molecule has 1 unspecified atom stereocenters. The third-order valence-electron chi connectivity index (χ3n) is 4.26. The van der Waals surface area contributed by atoms with E-state index >= 15 is 0 Å². The van der Waals surface area contributed by atoms with Gasteiger partial charge in [0.05, 0.1) is 50.9 Å². The van der Waals surface area contributed by atoms with E-state index in [1.165, 1.54) is 14.2 Å². The van der Waals surface area contributed by atoms with Gasteiger partial charge in [-0.15, -0.1) is 0 Å². The van der Waals surface area contributed by atoms with Gasteiger partial charge in [-0.3, -0.25) is 4.79 Å². The van der Waals surface area contributed by atoms with Crippen LogP contribution in [0.15, 0.2) is 38.2 Å². The van der Waals surface area contributed by atoms with Crippen molar-refractivity contribution in [3.63, 3.8) is 0 Å². The molecule has 32 heavy (non-hydrogen) atoms. The third kappa shape index (κ3) is 7.94. The zero-order chi connectivity index (χ0) is 23.3. The van der Waals surface area contributed by atoms with Crippen molar-refractivity contribution in [2.45, 2.75) is 13.0 Å². The fourth-order valence-electron chi connectivity index (χ4n) is 2.87. The van der Waals surface area contributed by atoms with Crippen LogP contribution in [0.25, 0.3) is 0 Å². The van der Waals surface area contributed by atoms with Crippen LogP contribution in [0.3, 0.4) is 0 Å². The number of aliphatic hydroxyl groups is 1. The van der Waals surface area contributed by atoms with Crippen LogP contribution in [-0.2, 0) is 14.9 Å². The summed E-state index contributed by atoms with van der Waals surface area (Å²) in [6.07, 6.45) is 1.78. The van der Waals surface area contributed by atoms with Gasteiger partial charge in [0.2, 0.25) is 5.78 Å². The first-order valence-electron chi connectivity index (χ1n) is 8.99. The van der Waals surface area contributed by atoms with Crippen LogP contribution >= 0.6 is 31.9 Å². The molecule has 0 fully saturated rings. The van der Waals surface area contributed by atoms with Crippen LogP contribution < -0.4 is 43.9 Å². The van der Waals surface area contributed by atoms with Gasteiger partial charge in [0.25, 0.3) is 0 Å². The quantitative estimate of drug-likeness (QED) is 0.230. The van der Waals surface area contributed by atoms with Gasteiger partial charge in [0.1, 0.15) is 17.2 Å². The summed E-state index contributed by atoms with van der Waals surface area (Å²) in [4.78, 5) is 18.1. The largest absolute Gasteiger partial charge is 1.00 e. The minimum Gasteiger partial charge on any atom is -0.748 e. The Kier molecular flexibility index (Phi) is 11.6. The van der Waals surface area contributed by atoms with E-state index in [-0.39, 0.29) is 41.9 Å². The van der Waals surface area contributed by atoms with Gasteiger partial charge < -0.3 is 24.0 Å². The second-order valence-corrected chi connectivity index (χ2v) is 9.62. The van der Waals surface area contributed by atoms with E-state index in [1.807, 2.05) is 6.92 Å². The molecule has 0 saturated carbocycles. The summed E-state index contributed by atoms with van der Waals surface area (Å²) in [7, 11) is -1.64. The van der Waals surface area contributed by atoms with E-state index in [1.54, 1.807) is 29.2 Å². The molecule has 0 amide bonds. The average Bonchev–Trinajstić information content (AvgIpc) is 2.68. The van der Waals surface area contributed by atoms with Gasteiger partial charge in [-0.1, -0.05) is 0 Å². The van der Waals surface area contributed by atoms with Crippen LogP contribution in [0.2, 0.25) is 0 Å². The molecule has 0 bridgehead atoms. The van der Waals surface area contributed by atoms with Gasteiger partial charge in [-0.2, -0.15) is 0 Å². The predicted octanol–water partition coefficient (Wildman–Crippen LogP) is -0.347. The number of rotatable bonds is 9. The molecule has 1 aromatic carbocycles. The van der Waals surface area contributed by atoms with Crippen molar-refractivity contribution in [2.75, 3.05) is 38.0 Å². The Morgan fingerprint density at radius 1 is 1.16 bits per heavy atom. The number of likely N-dealkylation sites (N-methyl/N-ethyl adjacent to an activating group) is 1. The molecule has 1 aliphatic carbocycles. The van der Waals surface area contributed by atoms with Gasteiger partial charge in [0, 0.05) is 30.9 Å². The zero-order valence-electron chi connectivity index (χ0n) is 18.0. The minimum atomic E-state index is -4.56. The van der Waals surface area contributed by atoms with Crippen molar-refractivity contribution < 1.29 is 61.9 Å². The normalized spacial score (nSPS) is 14.7. The summed E-state index contributed by atoms with van der Waals surface area (Å²) < 4.78 is 44.4. The standard InChI is InChI=1S/C19H22Br2N2O7S.Na/c1-4-23(9-13(24)10-31(26,27)28)12-7-16(29-2)18(17(8-12)30-3)22-11-5-14(20)19(25)15(21)6-11;/h5-8,13,24H,4,9-10H2,1-3H3,(H,26,27,28);/q;+1/p-1. The number of carbonyl (C=O) groups is 1. The van der Waals surface area contributed by atoms with Crippen molar-refractivity contribution in [2.24, 2.45) is 4.99 Å². The first-order chi connectivity index (χ1) is 14.5. The van der Waals surface area contributed by atoms with Gasteiger partial charge in [-0.05, 0) is 50.9 Å². The molecule has 1 N–H and O–H groups in total. The fraction of sp³-hybridized carbons (Fsp3) is 0.368. The van der Waals surface area contributed by atoms with Crippen molar-refractivity contribution >= 4 is 64.8 Å². The summed E-state index contributed by atoms with van der Waals surface area (Å²) in [5, 5.41) is 9.99.